The van der Waals surface area contributed by atoms with E-state index in [1.165, 1.54) is 5.56 Å². The van der Waals surface area contributed by atoms with Crippen LogP contribution in [0.4, 0.5) is 5.82 Å². The molecule has 1 fully saturated rings. The quantitative estimate of drug-likeness (QED) is 0.863. The van der Waals surface area contributed by atoms with Gasteiger partial charge in [-0.3, -0.25) is 14.6 Å². The van der Waals surface area contributed by atoms with E-state index in [-0.39, 0.29) is 5.54 Å². The highest BCUT2D eigenvalue weighted by atomic mass is 15.3. The van der Waals surface area contributed by atoms with Gasteiger partial charge in [0.05, 0.1) is 17.9 Å². The molecule has 0 bridgehead atoms. The predicted molar refractivity (Wildman–Crippen MR) is 96.0 cm³/mol. The van der Waals surface area contributed by atoms with Crippen LogP contribution in [0.5, 0.6) is 0 Å². The van der Waals surface area contributed by atoms with Crippen LogP contribution in [0, 0.1) is 0 Å². The second-order valence-electron chi connectivity index (χ2n) is 7.66. The molecule has 0 radical (unpaired) electrons. The van der Waals surface area contributed by atoms with Crippen molar-refractivity contribution in [3.63, 3.8) is 0 Å². The van der Waals surface area contributed by atoms with Gasteiger partial charge in [0.15, 0.2) is 0 Å². The van der Waals surface area contributed by atoms with Gasteiger partial charge in [-0.05, 0) is 40.7 Å². The van der Waals surface area contributed by atoms with Gasteiger partial charge in [0, 0.05) is 49.8 Å². The number of anilines is 1. The molecule has 0 saturated carbocycles. The van der Waals surface area contributed by atoms with Crippen molar-refractivity contribution in [2.24, 2.45) is 0 Å². The predicted octanol–water partition coefficient (Wildman–Crippen LogP) is 2.53. The Kier molecular flexibility index (Phi) is 4.85. The minimum Gasteiger partial charge on any atom is -0.355 e. The smallest absolute Gasteiger partial charge is 0.147 e. The first kappa shape index (κ1) is 16.9. The fraction of sp³-hybridized carbons (Fsp3) is 0.611. The summed E-state index contributed by atoms with van der Waals surface area (Å²) in [4.78, 5) is 13.4. The van der Waals surface area contributed by atoms with Gasteiger partial charge in [0.2, 0.25) is 0 Å². The molecule has 1 aliphatic rings. The van der Waals surface area contributed by atoms with Crippen molar-refractivity contribution < 1.29 is 0 Å². The number of nitrogens with zero attached hydrogens (tertiary/aromatic N) is 6. The number of piperidine rings is 1. The maximum Gasteiger partial charge on any atom is 0.147 e. The molecule has 3 heterocycles. The lowest BCUT2D eigenvalue weighted by atomic mass is 10.0. The Labute approximate surface area is 144 Å². The van der Waals surface area contributed by atoms with Gasteiger partial charge in [-0.25, -0.2) is 4.98 Å². The monoisotopic (exact) mass is 328 g/mol. The number of hydrogen-bond acceptors (Lipinski definition) is 5. The third-order valence-corrected chi connectivity index (χ3v) is 4.72. The zero-order valence-corrected chi connectivity index (χ0v) is 15.2. The molecule has 0 unspecified atom stereocenters. The highest BCUT2D eigenvalue weighted by Gasteiger charge is 2.24. The second kappa shape index (κ2) is 6.89. The van der Waals surface area contributed by atoms with Gasteiger partial charge in [-0.1, -0.05) is 0 Å². The number of aromatic nitrogens is 4. The van der Waals surface area contributed by atoms with E-state index in [1.807, 2.05) is 17.1 Å². The molecular weight excluding hydrogens is 300 g/mol. The summed E-state index contributed by atoms with van der Waals surface area (Å²) in [5.41, 5.74) is 1.32. The first-order valence-electron chi connectivity index (χ1n) is 8.69. The fourth-order valence-electron chi connectivity index (χ4n) is 3.22. The molecule has 0 N–H and O–H groups in total. The number of rotatable bonds is 4. The molecule has 0 amide bonds. The van der Waals surface area contributed by atoms with Gasteiger partial charge in [-0.2, -0.15) is 5.10 Å². The van der Waals surface area contributed by atoms with Crippen LogP contribution in [0.25, 0.3) is 0 Å². The van der Waals surface area contributed by atoms with Crippen LogP contribution in [-0.2, 0) is 12.1 Å². The Morgan fingerprint density at radius 3 is 2.50 bits per heavy atom. The molecule has 0 aliphatic carbocycles. The fourth-order valence-corrected chi connectivity index (χ4v) is 3.22. The Morgan fingerprint density at radius 1 is 1.17 bits per heavy atom. The van der Waals surface area contributed by atoms with Gasteiger partial charge in [-0.15, -0.1) is 0 Å². The van der Waals surface area contributed by atoms with Crippen molar-refractivity contribution in [2.75, 3.05) is 25.0 Å². The Bertz CT molecular complexity index is 637. The number of hydrogen-bond donors (Lipinski definition) is 0. The summed E-state index contributed by atoms with van der Waals surface area (Å²) < 4.78 is 2.05. The molecule has 1 saturated heterocycles. The average Bonchev–Trinajstić information content (AvgIpc) is 3.05. The second-order valence-corrected chi connectivity index (χ2v) is 7.66. The van der Waals surface area contributed by atoms with Crippen molar-refractivity contribution in [3.8, 4) is 0 Å². The Balaban J connectivity index is 1.54. The van der Waals surface area contributed by atoms with Gasteiger partial charge < -0.3 is 4.90 Å². The van der Waals surface area contributed by atoms with Crippen molar-refractivity contribution in [2.45, 2.75) is 51.7 Å². The van der Waals surface area contributed by atoms with E-state index >= 15 is 0 Å². The van der Waals surface area contributed by atoms with E-state index in [0.717, 1.165) is 38.3 Å². The summed E-state index contributed by atoms with van der Waals surface area (Å²) in [6.07, 6.45) is 11.8. The summed E-state index contributed by atoms with van der Waals surface area (Å²) in [6.45, 7) is 9.55. The summed E-state index contributed by atoms with van der Waals surface area (Å²) in [6, 6.07) is 0.607. The molecule has 2 aromatic rings. The summed E-state index contributed by atoms with van der Waals surface area (Å²) in [7, 11) is 2.22. The van der Waals surface area contributed by atoms with Gasteiger partial charge in [0.1, 0.15) is 5.82 Å². The minimum absolute atomic E-state index is 0.0406. The largest absolute Gasteiger partial charge is 0.355 e. The Morgan fingerprint density at radius 2 is 1.92 bits per heavy atom. The summed E-state index contributed by atoms with van der Waals surface area (Å²) in [5.74, 6) is 0.991. The third-order valence-electron chi connectivity index (χ3n) is 4.72. The molecule has 2 aromatic heterocycles. The van der Waals surface area contributed by atoms with E-state index in [1.54, 1.807) is 12.4 Å². The van der Waals surface area contributed by atoms with Crippen molar-refractivity contribution >= 4 is 5.82 Å². The van der Waals surface area contributed by atoms with E-state index in [4.69, 9.17) is 0 Å². The van der Waals surface area contributed by atoms with Crippen LogP contribution >= 0.6 is 0 Å². The Hall–Kier alpha value is -1.95. The third kappa shape index (κ3) is 3.93. The average molecular weight is 328 g/mol. The normalized spacial score (nSPS) is 16.8. The van der Waals surface area contributed by atoms with Crippen LogP contribution in [0.15, 0.2) is 31.0 Å². The molecule has 3 rings (SSSR count). The highest BCUT2D eigenvalue weighted by Crippen LogP contribution is 2.21. The molecule has 1 aliphatic heterocycles. The molecule has 6 heteroatoms. The summed E-state index contributed by atoms with van der Waals surface area (Å²) in [5, 5.41) is 4.50. The van der Waals surface area contributed by atoms with Crippen molar-refractivity contribution in [1.82, 2.24) is 24.6 Å². The molecule has 24 heavy (non-hydrogen) atoms. The minimum atomic E-state index is 0.0406. The zero-order chi connectivity index (χ0) is 17.2. The first-order chi connectivity index (χ1) is 11.4. The van der Waals surface area contributed by atoms with Crippen molar-refractivity contribution in [3.05, 3.63) is 36.5 Å². The lowest BCUT2D eigenvalue weighted by Crippen LogP contribution is -2.43. The lowest BCUT2D eigenvalue weighted by Gasteiger charge is -2.37. The zero-order valence-electron chi connectivity index (χ0n) is 15.2. The van der Waals surface area contributed by atoms with Crippen LogP contribution in [-0.4, -0.2) is 50.8 Å². The molecule has 130 valence electrons. The molecule has 6 nitrogen and oxygen atoms in total. The van der Waals surface area contributed by atoms with Crippen LogP contribution in [0.2, 0.25) is 0 Å². The van der Waals surface area contributed by atoms with Crippen LogP contribution in [0.1, 0.15) is 39.2 Å². The topological polar surface area (TPSA) is 50.1 Å². The van der Waals surface area contributed by atoms with Crippen molar-refractivity contribution in [1.29, 1.82) is 0 Å². The molecule has 0 atom stereocenters. The highest BCUT2D eigenvalue weighted by molar-refractivity contribution is 5.35. The SMILES string of the molecule is CN(Cc1cnn(C(C)(C)C)c1)C1CCN(c2cnccn2)CC1. The molecule has 0 spiro atoms. The van der Waals surface area contributed by atoms with Gasteiger partial charge >= 0.3 is 0 Å². The van der Waals surface area contributed by atoms with E-state index in [9.17, 15) is 0 Å². The standard InChI is InChI=1S/C18H28N6/c1-18(2,3)24-14-15(11-21-24)13-22(4)16-5-9-23(10-6-16)17-12-19-7-8-20-17/h7-8,11-12,14,16H,5-6,9-10,13H2,1-4H3. The van der Waals surface area contributed by atoms with Gasteiger partial charge in [0.25, 0.3) is 0 Å². The van der Waals surface area contributed by atoms with E-state index < -0.39 is 0 Å². The van der Waals surface area contributed by atoms with E-state index in [2.05, 4.69) is 58.9 Å². The summed E-state index contributed by atoms with van der Waals surface area (Å²) >= 11 is 0. The molecule has 0 aromatic carbocycles. The lowest BCUT2D eigenvalue weighted by molar-refractivity contribution is 0.200. The maximum absolute atomic E-state index is 4.50. The maximum atomic E-state index is 4.50. The first-order valence-corrected chi connectivity index (χ1v) is 8.69. The molecular formula is C18H28N6. The van der Waals surface area contributed by atoms with Crippen LogP contribution in [0.3, 0.4) is 0 Å². The van der Waals surface area contributed by atoms with Crippen LogP contribution < -0.4 is 4.90 Å². The van der Waals surface area contributed by atoms with E-state index in [0.29, 0.717) is 6.04 Å².